The normalized spacial score (nSPS) is 44.8. The molecule has 4 atom stereocenters. The molecule has 2 heterocycles. The number of likely N-dealkylation sites (tertiary alicyclic amines) is 1. The predicted molar refractivity (Wildman–Crippen MR) is 79.2 cm³/mol. The molecule has 108 valence electrons. The first-order valence-corrected chi connectivity index (χ1v) is 8.91. The second-order valence-electron chi connectivity index (χ2n) is 7.57. The van der Waals surface area contributed by atoms with Crippen molar-refractivity contribution in [2.45, 2.75) is 82.3 Å². The zero-order valence-electron chi connectivity index (χ0n) is 12.3. The lowest BCUT2D eigenvalue weighted by molar-refractivity contribution is 0.0963. The van der Waals surface area contributed by atoms with Gasteiger partial charge in [0.2, 0.25) is 0 Å². The molecule has 0 aromatic carbocycles. The van der Waals surface area contributed by atoms with E-state index in [1.807, 2.05) is 0 Å². The van der Waals surface area contributed by atoms with Crippen molar-refractivity contribution in [3.8, 4) is 0 Å². The molecule has 0 amide bonds. The Balaban J connectivity index is 1.41. The van der Waals surface area contributed by atoms with Crippen LogP contribution in [0.15, 0.2) is 0 Å². The fourth-order valence-electron chi connectivity index (χ4n) is 5.24. The van der Waals surface area contributed by atoms with E-state index >= 15 is 0 Å². The molecule has 4 fully saturated rings. The largest absolute Gasteiger partial charge is 0.312 e. The van der Waals surface area contributed by atoms with Gasteiger partial charge in [0.25, 0.3) is 0 Å². The highest BCUT2D eigenvalue weighted by atomic mass is 15.2. The van der Waals surface area contributed by atoms with Crippen LogP contribution in [0.5, 0.6) is 0 Å². The third-order valence-electron chi connectivity index (χ3n) is 6.35. The van der Waals surface area contributed by atoms with Gasteiger partial charge in [0.15, 0.2) is 0 Å². The van der Waals surface area contributed by atoms with Gasteiger partial charge in [-0.1, -0.05) is 12.8 Å². The lowest BCUT2D eigenvalue weighted by atomic mass is 9.81. The van der Waals surface area contributed by atoms with Crippen LogP contribution in [0.4, 0.5) is 0 Å². The first kappa shape index (κ1) is 12.6. The monoisotopic (exact) mass is 262 g/mol. The van der Waals surface area contributed by atoms with E-state index in [4.69, 9.17) is 0 Å². The highest BCUT2D eigenvalue weighted by molar-refractivity contribution is 4.97. The Morgan fingerprint density at radius 3 is 2.53 bits per heavy atom. The fraction of sp³-hybridized carbons (Fsp3) is 1.00. The van der Waals surface area contributed by atoms with Crippen LogP contribution in [0.3, 0.4) is 0 Å². The minimum Gasteiger partial charge on any atom is -0.312 e. The predicted octanol–water partition coefficient (Wildman–Crippen LogP) is 3.17. The van der Waals surface area contributed by atoms with Crippen LogP contribution in [0.25, 0.3) is 0 Å². The number of rotatable bonds is 3. The third-order valence-corrected chi connectivity index (χ3v) is 6.35. The molecule has 4 aliphatic rings. The van der Waals surface area contributed by atoms with Crippen LogP contribution in [-0.4, -0.2) is 36.1 Å². The number of nitrogens with zero attached hydrogens (tertiary/aromatic N) is 1. The summed E-state index contributed by atoms with van der Waals surface area (Å²) in [5.74, 6) is 2.23. The van der Waals surface area contributed by atoms with Crippen molar-refractivity contribution in [2.24, 2.45) is 11.8 Å². The second-order valence-corrected chi connectivity index (χ2v) is 7.57. The van der Waals surface area contributed by atoms with Gasteiger partial charge in [-0.15, -0.1) is 0 Å². The molecule has 2 saturated heterocycles. The van der Waals surface area contributed by atoms with Gasteiger partial charge in [-0.2, -0.15) is 0 Å². The Hall–Kier alpha value is -0.0800. The van der Waals surface area contributed by atoms with E-state index in [1.54, 1.807) is 19.3 Å². The summed E-state index contributed by atoms with van der Waals surface area (Å²) >= 11 is 0. The molecule has 0 radical (unpaired) electrons. The molecule has 2 heteroatoms. The van der Waals surface area contributed by atoms with Crippen molar-refractivity contribution in [2.75, 3.05) is 13.1 Å². The van der Waals surface area contributed by atoms with Crippen molar-refractivity contribution in [1.82, 2.24) is 10.2 Å². The summed E-state index contributed by atoms with van der Waals surface area (Å²) in [6, 6.07) is 2.64. The lowest BCUT2D eigenvalue weighted by Crippen LogP contribution is -2.49. The first-order chi connectivity index (χ1) is 9.42. The molecule has 0 bridgehead atoms. The van der Waals surface area contributed by atoms with Gasteiger partial charge in [0.1, 0.15) is 0 Å². The Labute approximate surface area is 118 Å². The van der Waals surface area contributed by atoms with E-state index in [9.17, 15) is 0 Å². The zero-order chi connectivity index (χ0) is 12.7. The van der Waals surface area contributed by atoms with E-state index in [0.29, 0.717) is 0 Å². The molecule has 2 aliphatic heterocycles. The number of hydrogen-bond donors (Lipinski definition) is 1. The molecule has 19 heavy (non-hydrogen) atoms. The number of nitrogens with one attached hydrogen (secondary N) is 1. The standard InChI is InChI=1S/C17H30N2/c1-4-14(13-8-9-13)12-15(5-1)19-11-3-7-17(19)16-6-2-10-18-16/h13-18H,1-12H2. The van der Waals surface area contributed by atoms with E-state index in [1.165, 1.54) is 58.0 Å². The van der Waals surface area contributed by atoms with Gasteiger partial charge < -0.3 is 5.32 Å². The zero-order valence-corrected chi connectivity index (χ0v) is 12.3. The van der Waals surface area contributed by atoms with Gasteiger partial charge >= 0.3 is 0 Å². The van der Waals surface area contributed by atoms with Gasteiger partial charge in [-0.3, -0.25) is 4.90 Å². The molecule has 2 aliphatic carbocycles. The Morgan fingerprint density at radius 2 is 1.74 bits per heavy atom. The summed E-state index contributed by atoms with van der Waals surface area (Å²) in [5, 5.41) is 3.77. The van der Waals surface area contributed by atoms with E-state index in [-0.39, 0.29) is 0 Å². The topological polar surface area (TPSA) is 15.3 Å². The molecular weight excluding hydrogens is 232 g/mol. The van der Waals surface area contributed by atoms with Gasteiger partial charge in [0, 0.05) is 18.1 Å². The van der Waals surface area contributed by atoms with Crippen molar-refractivity contribution in [1.29, 1.82) is 0 Å². The SMILES string of the molecule is C1CNC(C2CCCN2C2CCCC(C3CC3)C2)C1. The molecule has 2 nitrogen and oxygen atoms in total. The molecule has 4 unspecified atom stereocenters. The lowest BCUT2D eigenvalue weighted by Gasteiger charge is -2.40. The maximum Gasteiger partial charge on any atom is 0.0252 e. The second kappa shape index (κ2) is 5.37. The van der Waals surface area contributed by atoms with Crippen LogP contribution >= 0.6 is 0 Å². The summed E-state index contributed by atoms with van der Waals surface area (Å²) in [6.07, 6.45) is 14.9. The Bertz CT molecular complexity index is 306. The molecule has 0 spiro atoms. The minimum atomic E-state index is 0.823. The average Bonchev–Trinajstić information content (AvgIpc) is 2.96. The van der Waals surface area contributed by atoms with Crippen LogP contribution in [-0.2, 0) is 0 Å². The highest BCUT2D eigenvalue weighted by Gasteiger charge is 2.41. The van der Waals surface area contributed by atoms with Crippen molar-refractivity contribution in [3.05, 3.63) is 0 Å². The summed E-state index contributed by atoms with van der Waals surface area (Å²) in [4.78, 5) is 2.94. The van der Waals surface area contributed by atoms with Crippen LogP contribution in [0.2, 0.25) is 0 Å². The summed E-state index contributed by atoms with van der Waals surface area (Å²) in [7, 11) is 0. The third kappa shape index (κ3) is 2.58. The van der Waals surface area contributed by atoms with E-state index in [2.05, 4.69) is 10.2 Å². The number of hydrogen-bond acceptors (Lipinski definition) is 2. The first-order valence-electron chi connectivity index (χ1n) is 8.91. The van der Waals surface area contributed by atoms with Gasteiger partial charge in [-0.25, -0.2) is 0 Å². The Morgan fingerprint density at radius 1 is 0.789 bits per heavy atom. The maximum atomic E-state index is 3.77. The van der Waals surface area contributed by atoms with Crippen molar-refractivity contribution < 1.29 is 0 Å². The molecule has 1 N–H and O–H groups in total. The molecule has 2 saturated carbocycles. The Kier molecular flexibility index (Phi) is 3.57. The van der Waals surface area contributed by atoms with Gasteiger partial charge in [0.05, 0.1) is 0 Å². The van der Waals surface area contributed by atoms with Gasteiger partial charge in [-0.05, 0) is 76.3 Å². The van der Waals surface area contributed by atoms with E-state index < -0.39 is 0 Å². The maximum absolute atomic E-state index is 3.77. The van der Waals surface area contributed by atoms with Crippen LogP contribution < -0.4 is 5.32 Å². The van der Waals surface area contributed by atoms with Crippen LogP contribution in [0, 0.1) is 11.8 Å². The molecule has 0 aromatic rings. The quantitative estimate of drug-likeness (QED) is 0.840. The highest BCUT2D eigenvalue weighted by Crippen LogP contribution is 2.45. The van der Waals surface area contributed by atoms with Crippen LogP contribution in [0.1, 0.15) is 64.2 Å². The van der Waals surface area contributed by atoms with E-state index in [0.717, 1.165) is 30.0 Å². The smallest absolute Gasteiger partial charge is 0.0252 e. The molecular formula is C17H30N2. The minimum absolute atomic E-state index is 0.823. The summed E-state index contributed by atoms with van der Waals surface area (Å²) in [5.41, 5.74) is 0. The molecule has 0 aromatic heterocycles. The summed E-state index contributed by atoms with van der Waals surface area (Å²) < 4.78 is 0. The fourth-order valence-corrected chi connectivity index (χ4v) is 5.24. The average molecular weight is 262 g/mol. The summed E-state index contributed by atoms with van der Waals surface area (Å²) in [6.45, 7) is 2.66. The van der Waals surface area contributed by atoms with Crippen molar-refractivity contribution >= 4 is 0 Å². The van der Waals surface area contributed by atoms with Crippen molar-refractivity contribution in [3.63, 3.8) is 0 Å². The molecule has 4 rings (SSSR count).